The van der Waals surface area contributed by atoms with E-state index < -0.39 is 17.1 Å². The summed E-state index contributed by atoms with van der Waals surface area (Å²) in [5.74, 6) is -2.62. The minimum Gasteiger partial charge on any atom is -0.481 e. The normalized spacial score (nSPS) is 24.8. The van der Waals surface area contributed by atoms with Gasteiger partial charge in [-0.3, -0.25) is 4.79 Å². The van der Waals surface area contributed by atoms with Crippen molar-refractivity contribution in [3.05, 3.63) is 29.8 Å². The van der Waals surface area contributed by atoms with Gasteiger partial charge >= 0.3 is 5.97 Å². The third-order valence-electron chi connectivity index (χ3n) is 4.97. The number of hydrogen-bond donors (Lipinski definition) is 1. The molecule has 0 aliphatic heterocycles. The van der Waals surface area contributed by atoms with E-state index in [0.717, 1.165) is 18.4 Å². The first-order valence-electron chi connectivity index (χ1n) is 8.26. The van der Waals surface area contributed by atoms with Crippen molar-refractivity contribution in [3.8, 4) is 0 Å². The van der Waals surface area contributed by atoms with Crippen molar-refractivity contribution in [2.24, 2.45) is 5.92 Å². The van der Waals surface area contributed by atoms with Crippen LogP contribution in [0.1, 0.15) is 57.4 Å². The fourth-order valence-corrected chi connectivity index (χ4v) is 4.03. The van der Waals surface area contributed by atoms with Gasteiger partial charge in [-0.2, -0.15) is 8.78 Å². The van der Waals surface area contributed by atoms with E-state index in [9.17, 15) is 18.7 Å². The Bertz CT molecular complexity index is 508. The van der Waals surface area contributed by atoms with Crippen LogP contribution in [0.3, 0.4) is 0 Å². The highest BCUT2D eigenvalue weighted by atomic mass is 32.2. The summed E-state index contributed by atoms with van der Waals surface area (Å²) in [4.78, 5) is 12.4. The van der Waals surface area contributed by atoms with E-state index in [4.69, 9.17) is 0 Å². The molecular formula is C18H24F2O2S. The maximum atomic E-state index is 12.4. The third kappa shape index (κ3) is 4.46. The first kappa shape index (κ1) is 18.2. The van der Waals surface area contributed by atoms with Crippen LogP contribution in [0.2, 0.25) is 0 Å². The fraction of sp³-hybridized carbons (Fsp3) is 0.611. The second kappa shape index (κ2) is 8.13. The highest BCUT2D eigenvalue weighted by Gasteiger charge is 2.43. The molecule has 0 heterocycles. The largest absolute Gasteiger partial charge is 0.481 e. The number of carboxylic acid groups (broad SMARTS) is 1. The summed E-state index contributed by atoms with van der Waals surface area (Å²) in [6.45, 7) is 2.17. The Labute approximate surface area is 140 Å². The number of halogens is 2. The minimum absolute atomic E-state index is 0.473. The molecule has 0 atom stereocenters. The molecule has 1 fully saturated rings. The standard InChI is InChI=1S/C18H24F2O2S/c1-2-3-4-13-9-11-18(12-10-13,16(21)22)14-5-7-15(8-6-14)23-17(19)20/h5-8,13,17H,2-4,9-12H2,1H3,(H,21,22). The molecule has 128 valence electrons. The number of carbonyl (C=O) groups is 1. The lowest BCUT2D eigenvalue weighted by molar-refractivity contribution is -0.145. The van der Waals surface area contributed by atoms with Gasteiger partial charge in [0.2, 0.25) is 0 Å². The molecular weight excluding hydrogens is 318 g/mol. The average Bonchev–Trinajstić information content (AvgIpc) is 2.53. The SMILES string of the molecule is CCCCC1CCC(C(=O)O)(c2ccc(SC(F)F)cc2)CC1. The Balaban J connectivity index is 2.11. The molecule has 0 aromatic heterocycles. The van der Waals surface area contributed by atoms with Crippen LogP contribution in [0.15, 0.2) is 29.2 Å². The van der Waals surface area contributed by atoms with Gasteiger partial charge in [-0.15, -0.1) is 0 Å². The molecule has 0 amide bonds. The Hall–Kier alpha value is -1.10. The molecule has 5 heteroatoms. The predicted octanol–water partition coefficient (Wildman–Crippen LogP) is 5.70. The Morgan fingerprint density at radius 2 is 1.91 bits per heavy atom. The van der Waals surface area contributed by atoms with Gasteiger partial charge in [-0.1, -0.05) is 50.1 Å². The summed E-state index contributed by atoms with van der Waals surface area (Å²) in [6.07, 6.45) is 6.68. The van der Waals surface area contributed by atoms with Crippen LogP contribution in [0.25, 0.3) is 0 Å². The topological polar surface area (TPSA) is 37.3 Å². The summed E-state index contributed by atoms with van der Waals surface area (Å²) in [5, 5.41) is 9.79. The second-order valence-electron chi connectivity index (χ2n) is 6.38. The average molecular weight is 342 g/mol. The summed E-state index contributed by atoms with van der Waals surface area (Å²) < 4.78 is 24.8. The van der Waals surface area contributed by atoms with Crippen LogP contribution in [0.4, 0.5) is 8.78 Å². The van der Waals surface area contributed by atoms with Gasteiger partial charge in [0.1, 0.15) is 0 Å². The lowest BCUT2D eigenvalue weighted by atomic mass is 9.66. The number of alkyl halides is 2. The lowest BCUT2D eigenvalue weighted by Gasteiger charge is -2.37. The number of benzene rings is 1. The molecule has 1 N–H and O–H groups in total. The number of aliphatic carboxylic acids is 1. The summed E-state index contributed by atoms with van der Waals surface area (Å²) in [7, 11) is 0. The number of rotatable bonds is 7. The van der Waals surface area contributed by atoms with Crippen molar-refractivity contribution in [1.29, 1.82) is 0 Å². The predicted molar refractivity (Wildman–Crippen MR) is 89.1 cm³/mol. The summed E-state index contributed by atoms with van der Waals surface area (Å²) in [5.41, 5.74) is -0.103. The molecule has 1 aliphatic rings. The first-order chi connectivity index (χ1) is 11.0. The van der Waals surface area contributed by atoms with Crippen LogP contribution in [-0.4, -0.2) is 16.8 Å². The van der Waals surface area contributed by atoms with Gasteiger partial charge in [-0.25, -0.2) is 0 Å². The van der Waals surface area contributed by atoms with Crippen molar-refractivity contribution in [2.75, 3.05) is 0 Å². The van der Waals surface area contributed by atoms with Crippen molar-refractivity contribution >= 4 is 17.7 Å². The van der Waals surface area contributed by atoms with Crippen LogP contribution >= 0.6 is 11.8 Å². The molecule has 0 spiro atoms. The van der Waals surface area contributed by atoms with E-state index in [1.807, 2.05) is 0 Å². The maximum absolute atomic E-state index is 12.4. The Morgan fingerprint density at radius 1 is 1.30 bits per heavy atom. The molecule has 1 aromatic rings. The monoisotopic (exact) mass is 342 g/mol. The van der Waals surface area contributed by atoms with Gasteiger partial charge < -0.3 is 5.11 Å². The zero-order valence-corrected chi connectivity index (χ0v) is 14.2. The second-order valence-corrected chi connectivity index (χ2v) is 7.44. The molecule has 1 aliphatic carbocycles. The molecule has 0 bridgehead atoms. The highest BCUT2D eigenvalue weighted by Crippen LogP contribution is 2.43. The molecule has 1 aromatic carbocycles. The van der Waals surface area contributed by atoms with Gasteiger partial charge in [0.15, 0.2) is 0 Å². The molecule has 23 heavy (non-hydrogen) atoms. The Morgan fingerprint density at radius 3 is 2.39 bits per heavy atom. The number of unbranched alkanes of at least 4 members (excludes halogenated alkanes) is 1. The quantitative estimate of drug-likeness (QED) is 0.645. The minimum atomic E-state index is -2.46. The van der Waals surface area contributed by atoms with Crippen molar-refractivity contribution in [2.45, 2.75) is 67.9 Å². The number of thioether (sulfide) groups is 1. The number of hydrogen-bond acceptors (Lipinski definition) is 2. The van der Waals surface area contributed by atoms with E-state index in [-0.39, 0.29) is 0 Å². The maximum Gasteiger partial charge on any atom is 0.314 e. The summed E-state index contributed by atoms with van der Waals surface area (Å²) >= 11 is 0.490. The zero-order chi connectivity index (χ0) is 16.9. The molecule has 0 saturated heterocycles. The van der Waals surface area contributed by atoms with E-state index in [1.54, 1.807) is 24.3 Å². The van der Waals surface area contributed by atoms with Gasteiger partial charge in [-0.05, 0) is 49.3 Å². The molecule has 0 unspecified atom stereocenters. The van der Waals surface area contributed by atoms with Crippen LogP contribution < -0.4 is 0 Å². The fourth-order valence-electron chi connectivity index (χ4n) is 3.53. The van der Waals surface area contributed by atoms with Crippen LogP contribution in [0.5, 0.6) is 0 Å². The molecule has 0 radical (unpaired) electrons. The molecule has 2 rings (SSSR count). The number of carboxylic acids is 1. The summed E-state index contributed by atoms with van der Waals surface area (Å²) in [6, 6.07) is 6.65. The van der Waals surface area contributed by atoms with Crippen molar-refractivity contribution in [1.82, 2.24) is 0 Å². The van der Waals surface area contributed by atoms with Gasteiger partial charge in [0.25, 0.3) is 5.76 Å². The van der Waals surface area contributed by atoms with Gasteiger partial charge in [0, 0.05) is 4.90 Å². The van der Waals surface area contributed by atoms with E-state index in [0.29, 0.717) is 35.4 Å². The lowest BCUT2D eigenvalue weighted by Crippen LogP contribution is -2.39. The smallest absolute Gasteiger partial charge is 0.314 e. The van der Waals surface area contributed by atoms with Crippen LogP contribution in [-0.2, 0) is 10.2 Å². The van der Waals surface area contributed by atoms with Gasteiger partial charge in [0.05, 0.1) is 5.41 Å². The van der Waals surface area contributed by atoms with E-state index in [2.05, 4.69) is 6.92 Å². The van der Waals surface area contributed by atoms with Crippen molar-refractivity contribution in [3.63, 3.8) is 0 Å². The molecule has 1 saturated carbocycles. The third-order valence-corrected chi connectivity index (χ3v) is 5.69. The van der Waals surface area contributed by atoms with E-state index in [1.165, 1.54) is 19.3 Å². The van der Waals surface area contributed by atoms with Crippen molar-refractivity contribution < 1.29 is 18.7 Å². The Kier molecular flexibility index (Phi) is 6.45. The molecule has 2 nitrogen and oxygen atoms in total. The zero-order valence-electron chi connectivity index (χ0n) is 13.4. The first-order valence-corrected chi connectivity index (χ1v) is 9.14. The van der Waals surface area contributed by atoms with Crippen LogP contribution in [0, 0.1) is 5.92 Å². The highest BCUT2D eigenvalue weighted by molar-refractivity contribution is 7.99. The van der Waals surface area contributed by atoms with E-state index >= 15 is 0 Å².